The van der Waals surface area contributed by atoms with Crippen molar-refractivity contribution in [1.82, 2.24) is 9.88 Å². The van der Waals surface area contributed by atoms with Gasteiger partial charge in [0, 0.05) is 25.5 Å². The summed E-state index contributed by atoms with van der Waals surface area (Å²) in [5.41, 5.74) is 1.19. The van der Waals surface area contributed by atoms with Crippen molar-refractivity contribution in [3.63, 3.8) is 0 Å². The number of likely N-dealkylation sites (tertiary alicyclic amines) is 1. The number of aromatic nitrogens is 1. The van der Waals surface area contributed by atoms with Crippen LogP contribution in [-0.4, -0.2) is 36.1 Å². The third-order valence-corrected chi connectivity index (χ3v) is 2.94. The zero-order chi connectivity index (χ0) is 11.4. The summed E-state index contributed by atoms with van der Waals surface area (Å²) in [5, 5.41) is 0. The van der Waals surface area contributed by atoms with Crippen molar-refractivity contribution in [2.24, 2.45) is 5.92 Å². The summed E-state index contributed by atoms with van der Waals surface area (Å²) in [6, 6.07) is 3.99. The molecule has 4 heteroatoms. The van der Waals surface area contributed by atoms with Crippen LogP contribution in [0.3, 0.4) is 0 Å². The molecule has 0 unspecified atom stereocenters. The summed E-state index contributed by atoms with van der Waals surface area (Å²) in [6.45, 7) is 2.61. The molecule has 4 nitrogen and oxygen atoms in total. The number of methoxy groups -OCH3 is 1. The Kier molecular flexibility index (Phi) is 3.51. The molecule has 0 amide bonds. The highest BCUT2D eigenvalue weighted by Crippen LogP contribution is 2.19. The Morgan fingerprint density at radius 1 is 1.69 bits per heavy atom. The maximum absolute atomic E-state index is 11.4. The Morgan fingerprint density at radius 3 is 3.25 bits per heavy atom. The molecular formula is C12H16N2O2. The van der Waals surface area contributed by atoms with Crippen LogP contribution in [0.1, 0.15) is 12.0 Å². The zero-order valence-corrected chi connectivity index (χ0v) is 9.43. The summed E-state index contributed by atoms with van der Waals surface area (Å²) in [4.78, 5) is 17.7. The van der Waals surface area contributed by atoms with Crippen LogP contribution in [0.25, 0.3) is 0 Å². The van der Waals surface area contributed by atoms with Gasteiger partial charge in [0.05, 0.1) is 13.0 Å². The van der Waals surface area contributed by atoms with Crippen LogP contribution in [0.4, 0.5) is 0 Å². The predicted octanol–water partition coefficient (Wildman–Crippen LogP) is 1.08. The fraction of sp³-hybridized carbons (Fsp3) is 0.500. The van der Waals surface area contributed by atoms with E-state index in [0.29, 0.717) is 0 Å². The van der Waals surface area contributed by atoms with Gasteiger partial charge in [-0.2, -0.15) is 0 Å². The van der Waals surface area contributed by atoms with E-state index in [9.17, 15) is 4.79 Å². The van der Waals surface area contributed by atoms with Gasteiger partial charge in [0.25, 0.3) is 0 Å². The smallest absolute Gasteiger partial charge is 0.310 e. The molecule has 1 aromatic heterocycles. The maximum atomic E-state index is 11.4. The monoisotopic (exact) mass is 220 g/mol. The van der Waals surface area contributed by atoms with Crippen molar-refractivity contribution in [3.8, 4) is 0 Å². The second kappa shape index (κ2) is 5.07. The number of carbonyl (C=O) groups is 1. The summed E-state index contributed by atoms with van der Waals surface area (Å²) in [7, 11) is 1.45. The Morgan fingerprint density at radius 2 is 2.56 bits per heavy atom. The van der Waals surface area contributed by atoms with Crippen molar-refractivity contribution >= 4 is 5.97 Å². The van der Waals surface area contributed by atoms with Crippen molar-refractivity contribution in [2.45, 2.75) is 13.0 Å². The first-order chi connectivity index (χ1) is 7.79. The predicted molar refractivity (Wildman–Crippen MR) is 59.6 cm³/mol. The van der Waals surface area contributed by atoms with E-state index in [0.717, 1.165) is 26.1 Å². The Balaban J connectivity index is 1.88. The second-order valence-corrected chi connectivity index (χ2v) is 4.11. The van der Waals surface area contributed by atoms with Gasteiger partial charge in [-0.05, 0) is 24.6 Å². The maximum Gasteiger partial charge on any atom is 0.310 e. The number of hydrogen-bond donors (Lipinski definition) is 0. The average Bonchev–Trinajstić information content (AvgIpc) is 2.78. The molecule has 0 aliphatic carbocycles. The molecule has 1 atom stereocenters. The Labute approximate surface area is 95.2 Å². The molecule has 1 aliphatic heterocycles. The van der Waals surface area contributed by atoms with Gasteiger partial charge in [0.15, 0.2) is 0 Å². The average molecular weight is 220 g/mol. The number of rotatable bonds is 3. The van der Waals surface area contributed by atoms with Crippen LogP contribution < -0.4 is 0 Å². The molecule has 2 rings (SSSR count). The van der Waals surface area contributed by atoms with Crippen LogP contribution in [0.5, 0.6) is 0 Å². The van der Waals surface area contributed by atoms with E-state index in [-0.39, 0.29) is 11.9 Å². The third-order valence-electron chi connectivity index (χ3n) is 2.94. The van der Waals surface area contributed by atoms with Gasteiger partial charge >= 0.3 is 5.97 Å². The normalized spacial score (nSPS) is 20.9. The molecule has 0 spiro atoms. The van der Waals surface area contributed by atoms with Gasteiger partial charge in [-0.3, -0.25) is 14.7 Å². The molecule has 0 bridgehead atoms. The topological polar surface area (TPSA) is 42.4 Å². The molecule has 0 radical (unpaired) electrons. The molecule has 0 aromatic carbocycles. The molecule has 1 aromatic rings. The van der Waals surface area contributed by atoms with E-state index in [2.05, 4.69) is 16.0 Å². The minimum absolute atomic E-state index is 0.0432. The highest BCUT2D eigenvalue weighted by atomic mass is 16.5. The lowest BCUT2D eigenvalue weighted by molar-refractivity contribution is -0.144. The van der Waals surface area contributed by atoms with Crippen molar-refractivity contribution in [3.05, 3.63) is 30.1 Å². The van der Waals surface area contributed by atoms with Crippen molar-refractivity contribution < 1.29 is 9.53 Å². The SMILES string of the molecule is COC(=O)[C@@H]1CCN(Cc2cccnc2)C1. The largest absolute Gasteiger partial charge is 0.469 e. The van der Waals surface area contributed by atoms with E-state index in [1.54, 1.807) is 6.20 Å². The first-order valence-electron chi connectivity index (χ1n) is 5.48. The molecular weight excluding hydrogens is 204 g/mol. The fourth-order valence-electron chi connectivity index (χ4n) is 2.09. The van der Waals surface area contributed by atoms with Crippen LogP contribution >= 0.6 is 0 Å². The van der Waals surface area contributed by atoms with Crippen LogP contribution in [-0.2, 0) is 16.1 Å². The van der Waals surface area contributed by atoms with Crippen LogP contribution in [0.15, 0.2) is 24.5 Å². The summed E-state index contributed by atoms with van der Waals surface area (Å²) in [5.74, 6) is -0.0460. The minimum atomic E-state index is -0.0892. The van der Waals surface area contributed by atoms with Crippen molar-refractivity contribution in [1.29, 1.82) is 0 Å². The zero-order valence-electron chi connectivity index (χ0n) is 9.43. The number of carbonyl (C=O) groups excluding carboxylic acids is 1. The molecule has 1 saturated heterocycles. The lowest BCUT2D eigenvalue weighted by Crippen LogP contribution is -2.23. The summed E-state index contributed by atoms with van der Waals surface area (Å²) < 4.78 is 4.75. The molecule has 1 aliphatic rings. The molecule has 0 saturated carbocycles. The highest BCUT2D eigenvalue weighted by Gasteiger charge is 2.28. The Hall–Kier alpha value is -1.42. The second-order valence-electron chi connectivity index (χ2n) is 4.11. The summed E-state index contributed by atoms with van der Waals surface area (Å²) >= 11 is 0. The fourth-order valence-corrected chi connectivity index (χ4v) is 2.09. The molecule has 2 heterocycles. The van der Waals surface area contributed by atoms with Gasteiger partial charge < -0.3 is 4.74 Å². The third kappa shape index (κ3) is 2.58. The lowest BCUT2D eigenvalue weighted by Gasteiger charge is -2.14. The van der Waals surface area contributed by atoms with Gasteiger partial charge in [0.2, 0.25) is 0 Å². The first-order valence-corrected chi connectivity index (χ1v) is 5.48. The number of hydrogen-bond acceptors (Lipinski definition) is 4. The molecule has 16 heavy (non-hydrogen) atoms. The van der Waals surface area contributed by atoms with E-state index >= 15 is 0 Å². The van der Waals surface area contributed by atoms with Gasteiger partial charge in [-0.25, -0.2) is 0 Å². The number of nitrogens with zero attached hydrogens (tertiary/aromatic N) is 2. The van der Waals surface area contributed by atoms with Crippen molar-refractivity contribution in [2.75, 3.05) is 20.2 Å². The van der Waals surface area contributed by atoms with Crippen LogP contribution in [0.2, 0.25) is 0 Å². The van der Waals surface area contributed by atoms with Gasteiger partial charge in [-0.15, -0.1) is 0 Å². The van der Waals surface area contributed by atoms with E-state index in [4.69, 9.17) is 4.74 Å². The Bertz CT molecular complexity index is 353. The number of pyridine rings is 1. The first kappa shape index (κ1) is 11.1. The van der Waals surface area contributed by atoms with Gasteiger partial charge in [0.1, 0.15) is 0 Å². The van der Waals surface area contributed by atoms with E-state index in [1.165, 1.54) is 12.7 Å². The number of esters is 1. The molecule has 1 fully saturated rings. The quantitative estimate of drug-likeness (QED) is 0.715. The standard InChI is InChI=1S/C12H16N2O2/c1-16-12(15)11-4-6-14(9-11)8-10-3-2-5-13-7-10/h2-3,5,7,11H,4,6,8-9H2,1H3/t11-/m1/s1. The van der Waals surface area contributed by atoms with Gasteiger partial charge in [-0.1, -0.05) is 6.07 Å². The number of ether oxygens (including phenoxy) is 1. The van der Waals surface area contributed by atoms with E-state index in [1.807, 2.05) is 12.3 Å². The summed E-state index contributed by atoms with van der Waals surface area (Å²) in [6.07, 6.45) is 4.53. The van der Waals surface area contributed by atoms with Crippen LogP contribution in [0, 0.1) is 5.92 Å². The lowest BCUT2D eigenvalue weighted by atomic mass is 10.1. The highest BCUT2D eigenvalue weighted by molar-refractivity contribution is 5.72. The minimum Gasteiger partial charge on any atom is -0.469 e. The van der Waals surface area contributed by atoms with E-state index < -0.39 is 0 Å². The molecule has 0 N–H and O–H groups in total. The molecule has 86 valence electrons.